The van der Waals surface area contributed by atoms with Crippen LogP contribution in [0.1, 0.15) is 57.6 Å². The number of ether oxygens (including phenoxy) is 1. The van der Waals surface area contributed by atoms with Crippen molar-refractivity contribution in [1.29, 1.82) is 0 Å². The van der Waals surface area contributed by atoms with Crippen LogP contribution in [0.2, 0.25) is 0 Å². The number of halogens is 1. The SMILES string of the molecule is Brc1cc2c(-c3cnn(C4CCCCO4)c3)cn(CC3CCCCC3)c2cn1. The Bertz CT molecular complexity index is 951. The summed E-state index contributed by atoms with van der Waals surface area (Å²) in [5.41, 5.74) is 3.60. The van der Waals surface area contributed by atoms with E-state index in [0.717, 1.165) is 42.1 Å². The third kappa shape index (κ3) is 3.64. The van der Waals surface area contributed by atoms with Crippen LogP contribution < -0.4 is 0 Å². The number of rotatable bonds is 4. The molecule has 5 nitrogen and oxygen atoms in total. The predicted molar refractivity (Wildman–Crippen MR) is 114 cm³/mol. The molecule has 0 aromatic carbocycles. The van der Waals surface area contributed by atoms with Crippen LogP contribution in [0.25, 0.3) is 22.0 Å². The van der Waals surface area contributed by atoms with Crippen LogP contribution in [-0.2, 0) is 11.3 Å². The fourth-order valence-corrected chi connectivity index (χ4v) is 5.09. The zero-order valence-corrected chi connectivity index (χ0v) is 17.8. The van der Waals surface area contributed by atoms with Gasteiger partial charge in [-0.2, -0.15) is 5.10 Å². The van der Waals surface area contributed by atoms with Crippen molar-refractivity contribution >= 4 is 26.8 Å². The molecule has 2 aliphatic rings. The van der Waals surface area contributed by atoms with Crippen LogP contribution in [0.3, 0.4) is 0 Å². The number of hydrogen-bond donors (Lipinski definition) is 0. The lowest BCUT2D eigenvalue weighted by molar-refractivity contribution is -0.0394. The van der Waals surface area contributed by atoms with Gasteiger partial charge in [-0.25, -0.2) is 9.67 Å². The first kappa shape index (κ1) is 18.4. The van der Waals surface area contributed by atoms with Gasteiger partial charge < -0.3 is 9.30 Å². The average molecular weight is 443 g/mol. The van der Waals surface area contributed by atoms with Crippen LogP contribution in [-0.4, -0.2) is 25.9 Å². The average Bonchev–Trinajstić information content (AvgIpc) is 3.35. The number of fused-ring (bicyclic) bond motifs is 1. The summed E-state index contributed by atoms with van der Waals surface area (Å²) in [6.45, 7) is 1.92. The van der Waals surface area contributed by atoms with E-state index in [0.29, 0.717) is 0 Å². The molecule has 4 heterocycles. The highest BCUT2D eigenvalue weighted by Gasteiger charge is 2.20. The molecule has 148 valence electrons. The van der Waals surface area contributed by atoms with E-state index in [1.54, 1.807) is 0 Å². The van der Waals surface area contributed by atoms with Crippen LogP contribution in [0, 0.1) is 5.92 Å². The number of aromatic nitrogens is 4. The van der Waals surface area contributed by atoms with Gasteiger partial charge in [-0.05, 0) is 60.0 Å². The molecule has 5 rings (SSSR count). The summed E-state index contributed by atoms with van der Waals surface area (Å²) in [5.74, 6) is 0.777. The highest BCUT2D eigenvalue weighted by molar-refractivity contribution is 9.10. The number of nitrogens with zero attached hydrogens (tertiary/aromatic N) is 4. The Morgan fingerprint density at radius 3 is 2.71 bits per heavy atom. The van der Waals surface area contributed by atoms with Crippen molar-refractivity contribution in [1.82, 2.24) is 19.3 Å². The monoisotopic (exact) mass is 442 g/mol. The molecule has 0 spiro atoms. The molecule has 3 aromatic heterocycles. The summed E-state index contributed by atoms with van der Waals surface area (Å²) in [4.78, 5) is 4.50. The minimum atomic E-state index is 0.0755. The van der Waals surface area contributed by atoms with Crippen LogP contribution in [0.15, 0.2) is 35.5 Å². The Morgan fingerprint density at radius 1 is 1.04 bits per heavy atom. The summed E-state index contributed by atoms with van der Waals surface area (Å²) in [6, 6.07) is 2.14. The summed E-state index contributed by atoms with van der Waals surface area (Å²) < 4.78 is 11.2. The third-order valence-corrected chi connectivity index (χ3v) is 6.71. The molecule has 1 saturated heterocycles. The Hall–Kier alpha value is -1.66. The van der Waals surface area contributed by atoms with Gasteiger partial charge in [0, 0.05) is 42.1 Å². The van der Waals surface area contributed by atoms with Gasteiger partial charge in [-0.1, -0.05) is 19.3 Å². The van der Waals surface area contributed by atoms with Gasteiger partial charge in [0.1, 0.15) is 10.8 Å². The Morgan fingerprint density at radius 2 is 1.89 bits per heavy atom. The van der Waals surface area contributed by atoms with E-state index in [1.807, 2.05) is 17.1 Å². The first-order valence-electron chi connectivity index (χ1n) is 10.6. The van der Waals surface area contributed by atoms with Crippen molar-refractivity contribution in [3.8, 4) is 11.1 Å². The highest BCUT2D eigenvalue weighted by Crippen LogP contribution is 2.34. The molecule has 1 atom stereocenters. The fourth-order valence-electron chi connectivity index (χ4n) is 4.76. The third-order valence-electron chi connectivity index (χ3n) is 6.28. The van der Waals surface area contributed by atoms with Gasteiger partial charge in [-0.3, -0.25) is 0 Å². The van der Waals surface area contributed by atoms with Crippen molar-refractivity contribution in [2.24, 2.45) is 5.92 Å². The fraction of sp³-hybridized carbons (Fsp3) is 0.545. The lowest BCUT2D eigenvalue weighted by atomic mass is 9.89. The van der Waals surface area contributed by atoms with E-state index in [-0.39, 0.29) is 6.23 Å². The molecule has 1 aliphatic carbocycles. The maximum absolute atomic E-state index is 5.90. The molecule has 0 bridgehead atoms. The zero-order valence-electron chi connectivity index (χ0n) is 16.2. The van der Waals surface area contributed by atoms with E-state index in [4.69, 9.17) is 4.74 Å². The number of hydrogen-bond acceptors (Lipinski definition) is 3. The van der Waals surface area contributed by atoms with Crippen LogP contribution in [0.4, 0.5) is 0 Å². The Labute approximate surface area is 174 Å². The van der Waals surface area contributed by atoms with Crippen molar-refractivity contribution < 1.29 is 4.74 Å². The molecule has 3 aromatic rings. The lowest BCUT2D eigenvalue weighted by Crippen LogP contribution is -2.18. The van der Waals surface area contributed by atoms with Crippen molar-refractivity contribution in [3.05, 3.63) is 35.5 Å². The normalized spacial score (nSPS) is 21.4. The van der Waals surface area contributed by atoms with Crippen molar-refractivity contribution in [2.45, 2.75) is 64.1 Å². The van der Waals surface area contributed by atoms with E-state index >= 15 is 0 Å². The second-order valence-corrected chi connectivity index (χ2v) is 9.07. The predicted octanol–water partition coefficient (Wildman–Crippen LogP) is 5.94. The largest absolute Gasteiger partial charge is 0.357 e. The molecule has 1 saturated carbocycles. The summed E-state index contributed by atoms with van der Waals surface area (Å²) in [5, 5.41) is 5.86. The maximum Gasteiger partial charge on any atom is 0.150 e. The van der Waals surface area contributed by atoms with Crippen molar-refractivity contribution in [3.63, 3.8) is 0 Å². The lowest BCUT2D eigenvalue weighted by Gasteiger charge is -2.22. The van der Waals surface area contributed by atoms with Crippen LogP contribution >= 0.6 is 15.9 Å². The molecule has 1 unspecified atom stereocenters. The van der Waals surface area contributed by atoms with Gasteiger partial charge in [0.2, 0.25) is 0 Å². The van der Waals surface area contributed by atoms with Gasteiger partial charge in [0.05, 0.1) is 17.9 Å². The molecule has 2 fully saturated rings. The Kier molecular flexibility index (Phi) is 5.24. The molecule has 6 heteroatoms. The second kappa shape index (κ2) is 7.99. The van der Waals surface area contributed by atoms with Gasteiger partial charge >= 0.3 is 0 Å². The second-order valence-electron chi connectivity index (χ2n) is 8.25. The molecule has 28 heavy (non-hydrogen) atoms. The smallest absolute Gasteiger partial charge is 0.150 e. The van der Waals surface area contributed by atoms with Crippen molar-refractivity contribution in [2.75, 3.05) is 6.61 Å². The Balaban J connectivity index is 1.50. The minimum Gasteiger partial charge on any atom is -0.357 e. The van der Waals surface area contributed by atoms with E-state index in [1.165, 1.54) is 55.0 Å². The quantitative estimate of drug-likeness (QED) is 0.469. The van der Waals surface area contributed by atoms with E-state index < -0.39 is 0 Å². The molecule has 0 N–H and O–H groups in total. The topological polar surface area (TPSA) is 44.9 Å². The summed E-state index contributed by atoms with van der Waals surface area (Å²) >= 11 is 3.55. The highest BCUT2D eigenvalue weighted by atomic mass is 79.9. The number of pyridine rings is 1. The standard InChI is InChI=1S/C22H27BrN4O/c23-21-10-18-19(17-11-25-27(14-17)22-8-4-5-9-28-22)15-26(20(18)12-24-21)13-16-6-2-1-3-7-16/h10-12,14-16,22H,1-9,13H2. The molecule has 0 amide bonds. The maximum atomic E-state index is 5.90. The molecular weight excluding hydrogens is 416 g/mol. The minimum absolute atomic E-state index is 0.0755. The van der Waals surface area contributed by atoms with Gasteiger partial charge in [0.15, 0.2) is 0 Å². The zero-order chi connectivity index (χ0) is 18.9. The first-order valence-corrected chi connectivity index (χ1v) is 11.4. The first-order chi connectivity index (χ1) is 13.8. The van der Waals surface area contributed by atoms with Gasteiger partial charge in [0.25, 0.3) is 0 Å². The van der Waals surface area contributed by atoms with E-state index in [9.17, 15) is 0 Å². The van der Waals surface area contributed by atoms with E-state index in [2.05, 4.69) is 49.0 Å². The summed E-state index contributed by atoms with van der Waals surface area (Å²) in [6.07, 6.45) is 18.7. The molecule has 1 aliphatic heterocycles. The van der Waals surface area contributed by atoms with Gasteiger partial charge in [-0.15, -0.1) is 0 Å². The molecular formula is C22H27BrN4O. The summed E-state index contributed by atoms with van der Waals surface area (Å²) in [7, 11) is 0. The molecule has 0 radical (unpaired) electrons. The van der Waals surface area contributed by atoms with Crippen LogP contribution in [0.5, 0.6) is 0 Å².